The number of ketones is 1. The second-order valence-corrected chi connectivity index (χ2v) is 11.7. The number of hydrogen-bond acceptors (Lipinski definition) is 5. The Labute approximate surface area is 205 Å². The monoisotopic (exact) mass is 484 g/mol. The number of rotatable bonds is 6. The largest absolute Gasteiger partial charge is 0.393 e. The van der Waals surface area contributed by atoms with Crippen LogP contribution >= 0.6 is 11.6 Å². The lowest BCUT2D eigenvalue weighted by Gasteiger charge is -2.33. The lowest BCUT2D eigenvalue weighted by molar-refractivity contribution is -0.131. The third-order valence-electron chi connectivity index (χ3n) is 7.78. The van der Waals surface area contributed by atoms with E-state index in [0.29, 0.717) is 30.1 Å². The molecule has 0 aromatic carbocycles. The first-order chi connectivity index (χ1) is 16.2. The summed E-state index contributed by atoms with van der Waals surface area (Å²) < 4.78 is 2.04. The molecule has 3 aliphatic rings. The molecule has 7 nitrogen and oxygen atoms in total. The van der Waals surface area contributed by atoms with Gasteiger partial charge in [-0.1, -0.05) is 31.9 Å². The van der Waals surface area contributed by atoms with Gasteiger partial charge in [0.2, 0.25) is 5.91 Å². The molecule has 0 saturated heterocycles. The molecule has 0 radical (unpaired) electrons. The van der Waals surface area contributed by atoms with E-state index in [9.17, 15) is 14.7 Å². The number of anilines is 1. The van der Waals surface area contributed by atoms with Gasteiger partial charge in [0.15, 0.2) is 0 Å². The fourth-order valence-electron chi connectivity index (χ4n) is 5.83. The summed E-state index contributed by atoms with van der Waals surface area (Å²) in [4.78, 5) is 29.9. The normalized spacial score (nSPS) is 27.6. The predicted molar refractivity (Wildman–Crippen MR) is 130 cm³/mol. The van der Waals surface area contributed by atoms with E-state index in [2.05, 4.69) is 29.2 Å². The van der Waals surface area contributed by atoms with Gasteiger partial charge in [-0.2, -0.15) is 5.10 Å². The SMILES string of the molecule is CC1(C)Cc2c(-c3cc(NC(=O)[C@H]4CCC[C@@H](CC(=O)C5CC(O)C5)C4)ncc3Cl)cnn2C1. The Hall–Kier alpha value is -2.25. The number of carbonyl (C=O) groups is 2. The third kappa shape index (κ3) is 4.78. The second-order valence-electron chi connectivity index (χ2n) is 11.3. The van der Waals surface area contributed by atoms with Gasteiger partial charge in [0.25, 0.3) is 0 Å². The molecule has 1 amide bonds. The van der Waals surface area contributed by atoms with Crippen molar-refractivity contribution in [2.75, 3.05) is 5.32 Å². The highest BCUT2D eigenvalue weighted by atomic mass is 35.5. The Morgan fingerprint density at radius 3 is 2.74 bits per heavy atom. The molecular formula is C26H33ClN4O3. The van der Waals surface area contributed by atoms with Crippen LogP contribution in [-0.4, -0.2) is 37.7 Å². The Bertz CT molecular complexity index is 1110. The van der Waals surface area contributed by atoms with E-state index in [0.717, 1.165) is 55.5 Å². The summed E-state index contributed by atoms with van der Waals surface area (Å²) in [5.74, 6) is 0.818. The molecule has 2 fully saturated rings. The highest BCUT2D eigenvalue weighted by Gasteiger charge is 2.36. The zero-order valence-corrected chi connectivity index (χ0v) is 20.6. The molecule has 2 aromatic rings. The lowest BCUT2D eigenvalue weighted by Crippen LogP contribution is -2.36. The standard InChI is InChI=1S/C26H33ClN4O3/c1-26(2)11-22-20(12-29-31(22)14-26)19-10-24(28-13-21(19)27)30-25(34)16-5-3-4-15(6-16)7-23(33)17-8-18(32)9-17/h10,12-13,15-18,32H,3-9,11,14H2,1-2H3,(H,28,30,34)/t15-,16+,17?,18?/m1/s1. The van der Waals surface area contributed by atoms with Gasteiger partial charge in [-0.25, -0.2) is 4.98 Å². The van der Waals surface area contributed by atoms with E-state index < -0.39 is 0 Å². The summed E-state index contributed by atoms with van der Waals surface area (Å²) in [7, 11) is 0. The predicted octanol–water partition coefficient (Wildman–Crippen LogP) is 4.66. The maximum Gasteiger partial charge on any atom is 0.228 e. The van der Waals surface area contributed by atoms with Crippen LogP contribution < -0.4 is 5.32 Å². The summed E-state index contributed by atoms with van der Waals surface area (Å²) in [5, 5.41) is 17.5. The number of aliphatic hydroxyl groups excluding tert-OH is 1. The topological polar surface area (TPSA) is 97.1 Å². The van der Waals surface area contributed by atoms with Crippen LogP contribution in [0.25, 0.3) is 11.1 Å². The minimum Gasteiger partial charge on any atom is -0.393 e. The number of aliphatic hydroxyl groups is 1. The molecule has 8 heteroatoms. The molecule has 0 spiro atoms. The maximum absolute atomic E-state index is 13.1. The van der Waals surface area contributed by atoms with Gasteiger partial charge in [-0.15, -0.1) is 0 Å². The van der Waals surface area contributed by atoms with Crippen LogP contribution in [0, 0.1) is 23.2 Å². The summed E-state index contributed by atoms with van der Waals surface area (Å²) in [5.41, 5.74) is 3.15. The molecule has 2 aromatic heterocycles. The van der Waals surface area contributed by atoms with E-state index in [1.165, 1.54) is 0 Å². The van der Waals surface area contributed by atoms with E-state index in [1.54, 1.807) is 6.20 Å². The molecule has 2 saturated carbocycles. The summed E-state index contributed by atoms with van der Waals surface area (Å²) >= 11 is 6.50. The van der Waals surface area contributed by atoms with Crippen molar-refractivity contribution in [3.8, 4) is 11.1 Å². The first-order valence-electron chi connectivity index (χ1n) is 12.4. The highest BCUT2D eigenvalue weighted by Crippen LogP contribution is 2.40. The van der Waals surface area contributed by atoms with Gasteiger partial charge < -0.3 is 10.4 Å². The van der Waals surface area contributed by atoms with Crippen molar-refractivity contribution in [1.29, 1.82) is 0 Å². The van der Waals surface area contributed by atoms with Crippen LogP contribution in [0.1, 0.15) is 64.5 Å². The number of Topliss-reactive ketones (excluding diaryl/α,β-unsaturated/α-hetero) is 1. The first-order valence-corrected chi connectivity index (χ1v) is 12.8. The van der Waals surface area contributed by atoms with Crippen LogP contribution in [0.4, 0.5) is 5.82 Å². The molecule has 182 valence electrons. The van der Waals surface area contributed by atoms with Crippen molar-refractivity contribution in [2.45, 2.75) is 77.9 Å². The number of aromatic nitrogens is 3. The molecule has 0 unspecified atom stereocenters. The number of hydrogen-bond donors (Lipinski definition) is 2. The fourth-order valence-corrected chi connectivity index (χ4v) is 6.04. The number of carbonyl (C=O) groups excluding carboxylic acids is 2. The van der Waals surface area contributed by atoms with Gasteiger partial charge in [-0.05, 0) is 55.9 Å². The average Bonchev–Trinajstić information content (AvgIpc) is 3.28. The minimum atomic E-state index is -0.314. The molecule has 2 N–H and O–H groups in total. The molecule has 0 bridgehead atoms. The van der Waals surface area contributed by atoms with Gasteiger partial charge in [0.05, 0.1) is 17.3 Å². The van der Waals surface area contributed by atoms with Gasteiger partial charge >= 0.3 is 0 Å². The summed E-state index contributed by atoms with van der Waals surface area (Å²) in [6.45, 7) is 5.33. The molecule has 2 atom stereocenters. The van der Waals surface area contributed by atoms with Crippen molar-refractivity contribution < 1.29 is 14.7 Å². The zero-order chi connectivity index (χ0) is 24.0. The number of halogens is 1. The molecule has 5 rings (SSSR count). The maximum atomic E-state index is 13.1. The van der Waals surface area contributed by atoms with Gasteiger partial charge in [-0.3, -0.25) is 14.3 Å². The third-order valence-corrected chi connectivity index (χ3v) is 8.08. The number of pyridine rings is 1. The first kappa shape index (κ1) is 23.5. The van der Waals surface area contributed by atoms with Crippen LogP contribution in [0.2, 0.25) is 5.02 Å². The minimum absolute atomic E-state index is 0.0109. The van der Waals surface area contributed by atoms with E-state index in [4.69, 9.17) is 11.6 Å². The van der Waals surface area contributed by atoms with Crippen molar-refractivity contribution >= 4 is 29.1 Å². The van der Waals surface area contributed by atoms with Crippen LogP contribution in [0.15, 0.2) is 18.5 Å². The quantitative estimate of drug-likeness (QED) is 0.621. The lowest BCUT2D eigenvalue weighted by atomic mass is 9.73. The Morgan fingerprint density at radius 2 is 1.97 bits per heavy atom. The molecular weight excluding hydrogens is 452 g/mol. The van der Waals surface area contributed by atoms with Gasteiger partial charge in [0, 0.05) is 47.8 Å². The van der Waals surface area contributed by atoms with Crippen LogP contribution in [0.5, 0.6) is 0 Å². The molecule has 34 heavy (non-hydrogen) atoms. The smallest absolute Gasteiger partial charge is 0.228 e. The van der Waals surface area contributed by atoms with E-state index in [1.807, 2.05) is 16.9 Å². The van der Waals surface area contributed by atoms with Crippen molar-refractivity contribution in [3.05, 3.63) is 29.2 Å². The average molecular weight is 485 g/mol. The number of fused-ring (bicyclic) bond motifs is 1. The number of nitrogens with one attached hydrogen (secondary N) is 1. The highest BCUT2D eigenvalue weighted by molar-refractivity contribution is 6.33. The van der Waals surface area contributed by atoms with Gasteiger partial charge in [0.1, 0.15) is 11.6 Å². The number of amides is 1. The Kier molecular flexibility index (Phi) is 6.27. The summed E-state index contributed by atoms with van der Waals surface area (Å²) in [6, 6.07) is 1.84. The summed E-state index contributed by atoms with van der Waals surface area (Å²) in [6.07, 6.45) is 9.23. The zero-order valence-electron chi connectivity index (χ0n) is 19.9. The Morgan fingerprint density at radius 1 is 1.18 bits per heavy atom. The van der Waals surface area contributed by atoms with Crippen LogP contribution in [0.3, 0.4) is 0 Å². The van der Waals surface area contributed by atoms with E-state index >= 15 is 0 Å². The second kappa shape index (κ2) is 9.08. The van der Waals surface area contributed by atoms with Crippen molar-refractivity contribution in [1.82, 2.24) is 14.8 Å². The van der Waals surface area contributed by atoms with E-state index in [-0.39, 0.29) is 41.0 Å². The van der Waals surface area contributed by atoms with Crippen molar-refractivity contribution in [3.63, 3.8) is 0 Å². The number of nitrogens with zero attached hydrogens (tertiary/aromatic N) is 3. The fraction of sp³-hybridized carbons (Fsp3) is 0.615. The van der Waals surface area contributed by atoms with Crippen molar-refractivity contribution in [2.24, 2.45) is 23.2 Å². The molecule has 3 heterocycles. The molecule has 2 aliphatic carbocycles. The molecule has 1 aliphatic heterocycles. The Balaban J connectivity index is 1.24. The van der Waals surface area contributed by atoms with Crippen LogP contribution in [-0.2, 0) is 22.6 Å².